The molecule has 0 aromatic carbocycles. The lowest BCUT2D eigenvalue weighted by molar-refractivity contribution is 0.00578. The summed E-state index contributed by atoms with van der Waals surface area (Å²) in [5.74, 6) is 0.0164. The van der Waals surface area contributed by atoms with Gasteiger partial charge in [0.15, 0.2) is 0 Å². The molecule has 1 aromatic rings. The van der Waals surface area contributed by atoms with E-state index in [9.17, 15) is 10.2 Å². The van der Waals surface area contributed by atoms with Crippen LogP contribution in [-0.4, -0.2) is 33.5 Å². The van der Waals surface area contributed by atoms with Crippen LogP contribution in [0.5, 0.6) is 5.75 Å². The first-order valence-corrected chi connectivity index (χ1v) is 6.71. The lowest BCUT2D eigenvalue weighted by Crippen LogP contribution is -2.41. The minimum atomic E-state index is -1.15. The molecule has 0 amide bonds. The Bertz CT molecular complexity index is 506. The molecule has 0 unspecified atom stereocenters. The number of rotatable bonds is 2. The molecule has 1 aliphatic heterocycles. The van der Waals surface area contributed by atoms with E-state index in [4.69, 9.17) is 9.31 Å². The minimum absolute atomic E-state index is 0.0164. The van der Waals surface area contributed by atoms with Gasteiger partial charge in [-0.1, -0.05) is 0 Å². The lowest BCUT2D eigenvalue weighted by Gasteiger charge is -2.32. The Labute approximate surface area is 120 Å². The average Bonchev–Trinajstić information content (AvgIpc) is 2.46. The monoisotopic (exact) mass is 279 g/mol. The van der Waals surface area contributed by atoms with Gasteiger partial charge in [0, 0.05) is 5.46 Å². The van der Waals surface area contributed by atoms with Crippen LogP contribution in [0.4, 0.5) is 0 Å². The van der Waals surface area contributed by atoms with Crippen LogP contribution in [0.2, 0.25) is 0 Å². The lowest BCUT2D eigenvalue weighted by atomic mass is 9.75. The summed E-state index contributed by atoms with van der Waals surface area (Å²) in [6.07, 6.45) is 1.31. The first kappa shape index (κ1) is 15.3. The molecule has 1 aliphatic rings. The zero-order valence-corrected chi connectivity index (χ0v) is 12.9. The van der Waals surface area contributed by atoms with Gasteiger partial charge in [-0.2, -0.15) is 0 Å². The van der Waals surface area contributed by atoms with E-state index in [-0.39, 0.29) is 5.75 Å². The van der Waals surface area contributed by atoms with Crippen molar-refractivity contribution >= 4 is 12.6 Å². The van der Waals surface area contributed by atoms with Gasteiger partial charge in [-0.15, -0.1) is 0 Å². The van der Waals surface area contributed by atoms with E-state index < -0.39 is 23.9 Å². The summed E-state index contributed by atoms with van der Waals surface area (Å²) >= 11 is 0. The van der Waals surface area contributed by atoms with Crippen molar-refractivity contribution in [1.82, 2.24) is 4.98 Å². The third-order valence-electron chi connectivity index (χ3n) is 3.99. The molecule has 1 aromatic heterocycles. The van der Waals surface area contributed by atoms with Crippen LogP contribution in [0.25, 0.3) is 0 Å². The molecule has 0 spiro atoms. The number of nitrogens with zero attached hydrogens (tertiary/aromatic N) is 1. The van der Waals surface area contributed by atoms with E-state index in [1.54, 1.807) is 13.8 Å². The van der Waals surface area contributed by atoms with E-state index in [0.29, 0.717) is 11.2 Å². The summed E-state index contributed by atoms with van der Waals surface area (Å²) in [6, 6.07) is 1.53. The van der Waals surface area contributed by atoms with Gasteiger partial charge < -0.3 is 19.5 Å². The summed E-state index contributed by atoms with van der Waals surface area (Å²) in [5, 5.41) is 19.9. The van der Waals surface area contributed by atoms with Crippen molar-refractivity contribution in [2.45, 2.75) is 58.3 Å². The van der Waals surface area contributed by atoms with Crippen LogP contribution in [0, 0.1) is 0 Å². The minimum Gasteiger partial charge on any atom is -0.506 e. The molecule has 2 heterocycles. The van der Waals surface area contributed by atoms with Crippen molar-refractivity contribution in [3.63, 3.8) is 0 Å². The fourth-order valence-corrected chi connectivity index (χ4v) is 2.13. The second-order valence-corrected chi connectivity index (χ2v) is 6.78. The molecule has 0 radical (unpaired) electrons. The fourth-order valence-electron chi connectivity index (χ4n) is 2.13. The largest absolute Gasteiger partial charge is 0.506 e. The van der Waals surface area contributed by atoms with E-state index in [1.807, 2.05) is 27.7 Å². The summed E-state index contributed by atoms with van der Waals surface area (Å²) in [7, 11) is -0.666. The van der Waals surface area contributed by atoms with E-state index in [0.717, 1.165) is 0 Å². The molecule has 20 heavy (non-hydrogen) atoms. The summed E-state index contributed by atoms with van der Waals surface area (Å²) in [4.78, 5) is 4.13. The quantitative estimate of drug-likeness (QED) is 0.799. The molecule has 6 heteroatoms. The standard InChI is InChI=1S/C14H22BNO4/c1-12(2,18)11-10(7-9(17)8-16-11)15-19-13(3,4)14(5,6)20-15/h7-8,17-18H,1-6H3. The third-order valence-corrected chi connectivity index (χ3v) is 3.99. The first-order chi connectivity index (χ1) is 8.94. The van der Waals surface area contributed by atoms with Crippen molar-refractivity contribution in [3.05, 3.63) is 18.0 Å². The summed E-state index contributed by atoms with van der Waals surface area (Å²) in [5.41, 5.74) is -1.13. The maximum Gasteiger partial charge on any atom is 0.496 e. The Morgan fingerprint density at radius 3 is 2.10 bits per heavy atom. The predicted molar refractivity (Wildman–Crippen MR) is 76.9 cm³/mol. The number of aromatic nitrogens is 1. The summed E-state index contributed by atoms with van der Waals surface area (Å²) < 4.78 is 11.9. The first-order valence-electron chi connectivity index (χ1n) is 6.71. The van der Waals surface area contributed by atoms with Crippen molar-refractivity contribution < 1.29 is 19.5 Å². The smallest absolute Gasteiger partial charge is 0.496 e. The van der Waals surface area contributed by atoms with Crippen molar-refractivity contribution in [3.8, 4) is 5.75 Å². The van der Waals surface area contributed by atoms with Crippen LogP contribution in [0.15, 0.2) is 12.3 Å². The van der Waals surface area contributed by atoms with E-state index in [1.165, 1.54) is 12.3 Å². The highest BCUT2D eigenvalue weighted by Crippen LogP contribution is 2.37. The van der Waals surface area contributed by atoms with Gasteiger partial charge in [0.2, 0.25) is 0 Å². The van der Waals surface area contributed by atoms with Gasteiger partial charge in [0.05, 0.1) is 23.1 Å². The number of aromatic hydroxyl groups is 1. The Morgan fingerprint density at radius 1 is 1.15 bits per heavy atom. The highest BCUT2D eigenvalue weighted by molar-refractivity contribution is 6.62. The zero-order valence-electron chi connectivity index (χ0n) is 12.9. The van der Waals surface area contributed by atoms with Crippen molar-refractivity contribution in [1.29, 1.82) is 0 Å². The number of hydrogen-bond donors (Lipinski definition) is 2. The maximum atomic E-state index is 10.2. The normalized spacial score (nSPS) is 21.2. The molecule has 1 fully saturated rings. The average molecular weight is 279 g/mol. The molecule has 2 rings (SSSR count). The van der Waals surface area contributed by atoms with Gasteiger partial charge in [-0.05, 0) is 47.6 Å². The van der Waals surface area contributed by atoms with Gasteiger partial charge >= 0.3 is 7.12 Å². The molecular formula is C14H22BNO4. The van der Waals surface area contributed by atoms with Crippen LogP contribution >= 0.6 is 0 Å². The molecule has 0 aliphatic carbocycles. The molecule has 0 bridgehead atoms. The van der Waals surface area contributed by atoms with Gasteiger partial charge in [-0.25, -0.2) is 0 Å². The summed E-state index contributed by atoms with van der Waals surface area (Å²) in [6.45, 7) is 11.1. The predicted octanol–water partition coefficient (Wildman–Crippen LogP) is 1.31. The number of pyridine rings is 1. The molecule has 110 valence electrons. The molecule has 1 saturated heterocycles. The Balaban J connectivity index is 2.47. The maximum absolute atomic E-state index is 10.2. The molecule has 2 N–H and O–H groups in total. The Kier molecular flexibility index (Phi) is 3.40. The molecule has 0 saturated carbocycles. The van der Waals surface area contributed by atoms with Gasteiger partial charge in [-0.3, -0.25) is 4.98 Å². The SMILES string of the molecule is CC(C)(O)c1ncc(O)cc1B1OC(C)(C)C(C)(C)O1. The number of aliphatic hydroxyl groups is 1. The highest BCUT2D eigenvalue weighted by atomic mass is 16.7. The Hall–Kier alpha value is -1.11. The van der Waals surface area contributed by atoms with Gasteiger partial charge in [0.25, 0.3) is 0 Å². The van der Waals surface area contributed by atoms with Crippen molar-refractivity contribution in [2.75, 3.05) is 0 Å². The van der Waals surface area contributed by atoms with Crippen LogP contribution in [-0.2, 0) is 14.9 Å². The highest BCUT2D eigenvalue weighted by Gasteiger charge is 2.53. The zero-order chi connectivity index (χ0) is 15.3. The van der Waals surface area contributed by atoms with Gasteiger partial charge in [0.1, 0.15) is 11.4 Å². The van der Waals surface area contributed by atoms with Crippen LogP contribution < -0.4 is 5.46 Å². The fraction of sp³-hybridized carbons (Fsp3) is 0.643. The molecule has 5 nitrogen and oxygen atoms in total. The molecule has 0 atom stereocenters. The van der Waals surface area contributed by atoms with Crippen molar-refractivity contribution in [2.24, 2.45) is 0 Å². The second kappa shape index (κ2) is 4.45. The van der Waals surface area contributed by atoms with E-state index >= 15 is 0 Å². The van der Waals surface area contributed by atoms with E-state index in [2.05, 4.69) is 4.98 Å². The second-order valence-electron chi connectivity index (χ2n) is 6.78. The van der Waals surface area contributed by atoms with Crippen LogP contribution in [0.1, 0.15) is 47.2 Å². The molecular weight excluding hydrogens is 257 g/mol. The Morgan fingerprint density at radius 2 is 1.65 bits per heavy atom. The topological polar surface area (TPSA) is 71.8 Å². The number of hydrogen-bond acceptors (Lipinski definition) is 5. The van der Waals surface area contributed by atoms with Crippen LogP contribution in [0.3, 0.4) is 0 Å². The third kappa shape index (κ3) is 2.55.